The molecule has 28 heavy (non-hydrogen) atoms. The molecule has 6 nitrogen and oxygen atoms in total. The Labute approximate surface area is 166 Å². The number of benzene rings is 1. The van der Waals surface area contributed by atoms with Crippen LogP contribution in [0.3, 0.4) is 0 Å². The van der Waals surface area contributed by atoms with Gasteiger partial charge in [-0.2, -0.15) is 0 Å². The van der Waals surface area contributed by atoms with Crippen LogP contribution in [0.4, 0.5) is 10.5 Å². The molecule has 1 aromatic heterocycles. The van der Waals surface area contributed by atoms with E-state index in [0.29, 0.717) is 5.76 Å². The monoisotopic (exact) mass is 383 g/mol. The topological polar surface area (TPSA) is 69.7 Å². The van der Waals surface area contributed by atoms with Crippen molar-refractivity contribution in [2.45, 2.75) is 45.7 Å². The van der Waals surface area contributed by atoms with E-state index in [9.17, 15) is 4.79 Å². The Balaban J connectivity index is 1.85. The number of hydrogen-bond donors (Lipinski definition) is 1. The minimum Gasteiger partial charge on any atom is -0.497 e. The number of rotatable bonds is 5. The highest BCUT2D eigenvalue weighted by Gasteiger charge is 2.23. The van der Waals surface area contributed by atoms with Crippen LogP contribution in [0.25, 0.3) is 10.9 Å². The lowest BCUT2D eigenvalue weighted by Gasteiger charge is -2.23. The largest absolute Gasteiger partial charge is 0.497 e. The van der Waals surface area contributed by atoms with Crippen molar-refractivity contribution in [2.24, 2.45) is 0 Å². The van der Waals surface area contributed by atoms with Gasteiger partial charge < -0.3 is 24.7 Å². The number of allylic oxidation sites excluding steroid dienone is 3. The zero-order valence-electron chi connectivity index (χ0n) is 17.2. The first kappa shape index (κ1) is 19.9. The van der Waals surface area contributed by atoms with Gasteiger partial charge in [0.2, 0.25) is 0 Å². The van der Waals surface area contributed by atoms with Gasteiger partial charge in [-0.25, -0.2) is 4.79 Å². The molecule has 0 saturated heterocycles. The summed E-state index contributed by atoms with van der Waals surface area (Å²) < 4.78 is 13.1. The summed E-state index contributed by atoms with van der Waals surface area (Å²) in [7, 11) is 3.40. The summed E-state index contributed by atoms with van der Waals surface area (Å²) in [6, 6.07) is 6.06. The van der Waals surface area contributed by atoms with E-state index in [1.807, 2.05) is 44.2 Å². The number of ether oxygens (including phenoxy) is 2. The molecule has 1 amide bonds. The van der Waals surface area contributed by atoms with Gasteiger partial charge in [-0.3, -0.25) is 0 Å². The lowest BCUT2D eigenvalue weighted by Crippen LogP contribution is -2.33. The summed E-state index contributed by atoms with van der Waals surface area (Å²) in [6.45, 7) is 6.82. The molecule has 150 valence electrons. The van der Waals surface area contributed by atoms with Crippen molar-refractivity contribution in [3.63, 3.8) is 0 Å². The van der Waals surface area contributed by atoms with Crippen molar-refractivity contribution in [2.75, 3.05) is 19.9 Å². The Hall–Kier alpha value is -2.89. The van der Waals surface area contributed by atoms with E-state index in [0.717, 1.165) is 41.0 Å². The van der Waals surface area contributed by atoms with Crippen LogP contribution in [0.15, 0.2) is 42.2 Å². The van der Waals surface area contributed by atoms with Gasteiger partial charge in [0.15, 0.2) is 0 Å². The zero-order chi connectivity index (χ0) is 20.4. The van der Waals surface area contributed by atoms with Crippen molar-refractivity contribution < 1.29 is 14.3 Å². The number of nitrogens with two attached hydrogens (primary N) is 1. The first-order valence-electron chi connectivity index (χ1n) is 9.65. The first-order chi connectivity index (χ1) is 13.4. The predicted octanol–water partition coefficient (Wildman–Crippen LogP) is 4.66. The summed E-state index contributed by atoms with van der Waals surface area (Å²) in [4.78, 5) is 13.7. The third-order valence-electron chi connectivity index (χ3n) is 5.35. The molecule has 0 bridgehead atoms. The fourth-order valence-corrected chi connectivity index (χ4v) is 3.51. The predicted molar refractivity (Wildman–Crippen MR) is 113 cm³/mol. The molecular weight excluding hydrogens is 354 g/mol. The summed E-state index contributed by atoms with van der Waals surface area (Å²) >= 11 is 0. The van der Waals surface area contributed by atoms with Crippen molar-refractivity contribution in [1.82, 2.24) is 9.47 Å². The lowest BCUT2D eigenvalue weighted by molar-refractivity contribution is 0.130. The molecule has 6 heteroatoms. The third kappa shape index (κ3) is 3.59. The number of methoxy groups -OCH3 is 1. The molecule has 0 fully saturated rings. The van der Waals surface area contributed by atoms with Crippen LogP contribution in [0, 0.1) is 0 Å². The Morgan fingerprint density at radius 2 is 2.14 bits per heavy atom. The number of carbonyl (C=O) groups excluding carboxylic acids is 1. The van der Waals surface area contributed by atoms with Gasteiger partial charge in [0, 0.05) is 42.7 Å². The molecule has 3 rings (SSSR count). The van der Waals surface area contributed by atoms with Gasteiger partial charge in [-0.15, -0.1) is 0 Å². The zero-order valence-corrected chi connectivity index (χ0v) is 17.2. The highest BCUT2D eigenvalue weighted by atomic mass is 16.6. The molecule has 1 aromatic carbocycles. The van der Waals surface area contributed by atoms with Gasteiger partial charge in [0.05, 0.1) is 18.3 Å². The van der Waals surface area contributed by atoms with Crippen molar-refractivity contribution in [1.29, 1.82) is 0 Å². The maximum atomic E-state index is 12.1. The number of nitrogens with zero attached hydrogens (tertiary/aromatic N) is 2. The minimum atomic E-state index is -0.348. The minimum absolute atomic E-state index is 0.0884. The normalized spacial score (nSPS) is 16.4. The van der Waals surface area contributed by atoms with Gasteiger partial charge in [0.25, 0.3) is 0 Å². The average Bonchev–Trinajstić information content (AvgIpc) is 2.98. The molecule has 2 aromatic rings. The molecule has 0 radical (unpaired) electrons. The Morgan fingerprint density at radius 3 is 2.71 bits per heavy atom. The van der Waals surface area contributed by atoms with Crippen LogP contribution in [0.2, 0.25) is 0 Å². The fourth-order valence-electron chi connectivity index (χ4n) is 3.51. The lowest BCUT2D eigenvalue weighted by atomic mass is 9.95. The number of anilines is 1. The third-order valence-corrected chi connectivity index (χ3v) is 5.35. The van der Waals surface area contributed by atoms with Crippen molar-refractivity contribution in [3.8, 4) is 5.75 Å². The van der Waals surface area contributed by atoms with Gasteiger partial charge in [-0.1, -0.05) is 6.08 Å². The molecule has 1 aliphatic rings. The fraction of sp³-hybridized carbons (Fsp3) is 0.409. The maximum absolute atomic E-state index is 12.1. The van der Waals surface area contributed by atoms with Crippen LogP contribution >= 0.6 is 0 Å². The number of aromatic nitrogens is 1. The van der Waals surface area contributed by atoms with E-state index in [2.05, 4.69) is 17.6 Å². The SMILES string of the molecule is CCn1c(C2C=CC(OC(=O)N(C)C(C)C)=CC2)c(N)c2ccc(OC)cc21. The molecule has 0 spiro atoms. The molecule has 1 unspecified atom stereocenters. The smallest absolute Gasteiger partial charge is 0.415 e. The second kappa shape index (κ2) is 8.00. The van der Waals surface area contributed by atoms with Gasteiger partial charge in [0.1, 0.15) is 11.5 Å². The molecule has 1 atom stereocenters. The summed E-state index contributed by atoms with van der Waals surface area (Å²) in [6.07, 6.45) is 6.25. The van der Waals surface area contributed by atoms with Gasteiger partial charge >= 0.3 is 6.09 Å². The molecule has 1 heterocycles. The summed E-state index contributed by atoms with van der Waals surface area (Å²) in [5, 5.41) is 1.03. The van der Waals surface area contributed by atoms with E-state index in [1.54, 1.807) is 19.1 Å². The van der Waals surface area contributed by atoms with Gasteiger partial charge in [-0.05, 0) is 51.5 Å². The van der Waals surface area contributed by atoms with Crippen LogP contribution < -0.4 is 10.5 Å². The van der Waals surface area contributed by atoms with Crippen molar-refractivity contribution >= 4 is 22.7 Å². The second-order valence-electron chi connectivity index (χ2n) is 7.31. The average molecular weight is 383 g/mol. The van der Waals surface area contributed by atoms with Crippen molar-refractivity contribution in [3.05, 3.63) is 47.9 Å². The first-order valence-corrected chi connectivity index (χ1v) is 9.65. The van der Waals surface area contributed by atoms with E-state index < -0.39 is 0 Å². The number of aryl methyl sites for hydroxylation is 1. The molecule has 2 N–H and O–H groups in total. The van der Waals surface area contributed by atoms with Crippen LogP contribution in [0.1, 0.15) is 38.8 Å². The van der Waals surface area contributed by atoms with Crippen LogP contribution in [-0.2, 0) is 11.3 Å². The van der Waals surface area contributed by atoms with Crippen LogP contribution in [0.5, 0.6) is 5.75 Å². The number of fused-ring (bicyclic) bond motifs is 1. The number of nitrogen functional groups attached to an aromatic ring is 1. The second-order valence-corrected chi connectivity index (χ2v) is 7.31. The number of carbonyl (C=O) groups is 1. The molecule has 0 saturated carbocycles. The quantitative estimate of drug-likeness (QED) is 0.815. The number of amides is 1. The Bertz CT molecular complexity index is 940. The van der Waals surface area contributed by atoms with E-state index >= 15 is 0 Å². The van der Waals surface area contributed by atoms with E-state index in [-0.39, 0.29) is 18.1 Å². The van der Waals surface area contributed by atoms with E-state index in [4.69, 9.17) is 15.2 Å². The number of hydrogen-bond acceptors (Lipinski definition) is 4. The van der Waals surface area contributed by atoms with E-state index in [1.165, 1.54) is 0 Å². The molecule has 0 aliphatic heterocycles. The summed E-state index contributed by atoms with van der Waals surface area (Å²) in [5.74, 6) is 1.52. The molecular formula is C22H29N3O3. The highest BCUT2D eigenvalue weighted by molar-refractivity contribution is 5.95. The Morgan fingerprint density at radius 1 is 1.39 bits per heavy atom. The molecule has 1 aliphatic carbocycles. The Kier molecular flexibility index (Phi) is 5.68. The standard InChI is InChI=1S/C22H29N3O3/c1-6-25-19-13-17(27-5)11-12-18(19)20(23)21(25)15-7-9-16(10-8-15)28-22(26)24(4)14(2)3/h7,9-15H,6,8,23H2,1-5H3. The van der Waals surface area contributed by atoms with Crippen LogP contribution in [-0.4, -0.2) is 35.8 Å². The highest BCUT2D eigenvalue weighted by Crippen LogP contribution is 2.38. The summed E-state index contributed by atoms with van der Waals surface area (Å²) in [5.41, 5.74) is 9.47. The maximum Gasteiger partial charge on any atom is 0.415 e.